The maximum Gasteiger partial charge on any atom is 0.329 e. The summed E-state index contributed by atoms with van der Waals surface area (Å²) in [5, 5.41) is 11.4. The first-order valence-corrected chi connectivity index (χ1v) is 4.87. The zero-order valence-corrected chi connectivity index (χ0v) is 9.06. The van der Waals surface area contributed by atoms with E-state index in [0.717, 1.165) is 4.90 Å². The summed E-state index contributed by atoms with van der Waals surface area (Å²) in [4.78, 5) is 24.1. The number of urea groups is 1. The first kappa shape index (κ1) is 11.0. The van der Waals surface area contributed by atoms with Gasteiger partial charge in [-0.1, -0.05) is 6.07 Å². The van der Waals surface area contributed by atoms with Crippen LogP contribution in [0.2, 0.25) is 0 Å². The molecule has 1 saturated heterocycles. The molecule has 0 radical (unpaired) electrons. The lowest BCUT2D eigenvalue weighted by molar-refractivity contribution is -0.115. The number of imide groups is 1. The molecule has 0 bridgehead atoms. The Labute approximate surface area is 97.4 Å². The van der Waals surface area contributed by atoms with Crippen molar-refractivity contribution in [1.29, 1.82) is 5.26 Å². The minimum Gasteiger partial charge on any atom is -0.495 e. The van der Waals surface area contributed by atoms with Crippen LogP contribution in [0.15, 0.2) is 18.2 Å². The highest BCUT2D eigenvalue weighted by Crippen LogP contribution is 2.32. The molecule has 1 N–H and O–H groups in total. The smallest absolute Gasteiger partial charge is 0.329 e. The van der Waals surface area contributed by atoms with Crippen molar-refractivity contribution < 1.29 is 14.3 Å². The quantitative estimate of drug-likeness (QED) is 0.756. The van der Waals surface area contributed by atoms with Gasteiger partial charge in [0.05, 0.1) is 19.2 Å². The van der Waals surface area contributed by atoms with Gasteiger partial charge in [0.15, 0.2) is 0 Å². The third-order valence-electron chi connectivity index (χ3n) is 2.41. The van der Waals surface area contributed by atoms with E-state index >= 15 is 0 Å². The lowest BCUT2D eigenvalue weighted by Gasteiger charge is -2.17. The van der Waals surface area contributed by atoms with Gasteiger partial charge in [-0.2, -0.15) is 5.26 Å². The van der Waals surface area contributed by atoms with E-state index in [-0.39, 0.29) is 17.8 Å². The first-order chi connectivity index (χ1) is 8.19. The maximum absolute atomic E-state index is 11.6. The SMILES string of the molecule is COc1cccc(C#N)c1N1C(=O)CNC1=O. The number of hydrogen-bond donors (Lipinski definition) is 1. The van der Waals surface area contributed by atoms with Crippen LogP contribution in [-0.4, -0.2) is 25.6 Å². The van der Waals surface area contributed by atoms with E-state index in [0.29, 0.717) is 5.75 Å². The molecule has 1 aromatic rings. The topological polar surface area (TPSA) is 82.4 Å². The molecule has 6 heteroatoms. The van der Waals surface area contributed by atoms with Crippen LogP contribution in [0.5, 0.6) is 5.75 Å². The summed E-state index contributed by atoms with van der Waals surface area (Å²) >= 11 is 0. The molecular weight excluding hydrogens is 222 g/mol. The molecule has 1 aromatic carbocycles. The van der Waals surface area contributed by atoms with Crippen LogP contribution < -0.4 is 15.0 Å². The average Bonchev–Trinajstić information content (AvgIpc) is 2.68. The highest BCUT2D eigenvalue weighted by atomic mass is 16.5. The monoisotopic (exact) mass is 231 g/mol. The molecule has 0 unspecified atom stereocenters. The summed E-state index contributed by atoms with van der Waals surface area (Å²) in [6.45, 7) is -0.0677. The van der Waals surface area contributed by atoms with Gasteiger partial charge < -0.3 is 10.1 Å². The highest BCUT2D eigenvalue weighted by Gasteiger charge is 2.33. The fourth-order valence-corrected chi connectivity index (χ4v) is 1.66. The Hall–Kier alpha value is -2.55. The number of carbonyl (C=O) groups excluding carboxylic acids is 2. The van der Waals surface area contributed by atoms with Gasteiger partial charge in [-0.15, -0.1) is 0 Å². The van der Waals surface area contributed by atoms with E-state index in [1.807, 2.05) is 6.07 Å². The fourth-order valence-electron chi connectivity index (χ4n) is 1.66. The molecule has 6 nitrogen and oxygen atoms in total. The number of benzene rings is 1. The Kier molecular flexibility index (Phi) is 2.66. The van der Waals surface area contributed by atoms with E-state index in [1.54, 1.807) is 12.1 Å². The van der Waals surface area contributed by atoms with Crippen molar-refractivity contribution in [3.8, 4) is 11.8 Å². The molecule has 1 aliphatic rings. The second kappa shape index (κ2) is 4.14. The van der Waals surface area contributed by atoms with Gasteiger partial charge in [0, 0.05) is 0 Å². The summed E-state index contributed by atoms with van der Waals surface area (Å²) < 4.78 is 5.07. The van der Waals surface area contributed by atoms with Crippen molar-refractivity contribution in [2.24, 2.45) is 0 Å². The number of carbonyl (C=O) groups is 2. The largest absolute Gasteiger partial charge is 0.495 e. The standard InChI is InChI=1S/C11H9N3O3/c1-17-8-4-2-3-7(5-12)10(8)14-9(15)6-13-11(14)16/h2-4H,6H2,1H3,(H,13,16). The molecule has 17 heavy (non-hydrogen) atoms. The number of ether oxygens (including phenoxy) is 1. The molecule has 1 fully saturated rings. The van der Waals surface area contributed by atoms with Crippen LogP contribution in [-0.2, 0) is 4.79 Å². The van der Waals surface area contributed by atoms with Gasteiger partial charge in [-0.25, -0.2) is 9.69 Å². The molecular formula is C11H9N3O3. The maximum atomic E-state index is 11.6. The Bertz CT molecular complexity index is 517. The van der Waals surface area contributed by atoms with Crippen molar-refractivity contribution in [3.05, 3.63) is 23.8 Å². The lowest BCUT2D eigenvalue weighted by atomic mass is 10.1. The summed E-state index contributed by atoms with van der Waals surface area (Å²) in [5.74, 6) is -0.0922. The summed E-state index contributed by atoms with van der Waals surface area (Å²) in [7, 11) is 1.42. The van der Waals surface area contributed by atoms with Crippen LogP contribution in [0, 0.1) is 11.3 Å². The van der Waals surface area contributed by atoms with Crippen molar-refractivity contribution in [2.75, 3.05) is 18.6 Å². The number of nitrogens with zero attached hydrogens (tertiary/aromatic N) is 2. The Morgan fingerprint density at radius 1 is 1.47 bits per heavy atom. The van der Waals surface area contributed by atoms with E-state index in [9.17, 15) is 9.59 Å². The zero-order chi connectivity index (χ0) is 12.4. The van der Waals surface area contributed by atoms with Gasteiger partial charge in [-0.3, -0.25) is 4.79 Å². The van der Waals surface area contributed by atoms with Crippen molar-refractivity contribution in [2.45, 2.75) is 0 Å². The van der Waals surface area contributed by atoms with E-state index < -0.39 is 11.9 Å². The Balaban J connectivity index is 2.61. The van der Waals surface area contributed by atoms with Crippen LogP contribution in [0.1, 0.15) is 5.56 Å². The van der Waals surface area contributed by atoms with Gasteiger partial charge in [0.1, 0.15) is 17.5 Å². The molecule has 1 aliphatic heterocycles. The van der Waals surface area contributed by atoms with Crippen molar-refractivity contribution in [3.63, 3.8) is 0 Å². The van der Waals surface area contributed by atoms with Crippen molar-refractivity contribution in [1.82, 2.24) is 5.32 Å². The number of hydrogen-bond acceptors (Lipinski definition) is 4. The van der Waals surface area contributed by atoms with Crippen LogP contribution in [0.25, 0.3) is 0 Å². The van der Waals surface area contributed by atoms with Crippen LogP contribution in [0.3, 0.4) is 0 Å². The second-order valence-corrected chi connectivity index (χ2v) is 3.36. The fraction of sp³-hybridized carbons (Fsp3) is 0.182. The third-order valence-corrected chi connectivity index (χ3v) is 2.41. The van der Waals surface area contributed by atoms with Gasteiger partial charge >= 0.3 is 6.03 Å². The Morgan fingerprint density at radius 2 is 2.24 bits per heavy atom. The summed E-state index contributed by atoms with van der Waals surface area (Å²) in [6, 6.07) is 6.13. The first-order valence-electron chi connectivity index (χ1n) is 4.87. The number of nitriles is 1. The lowest BCUT2D eigenvalue weighted by Crippen LogP contribution is -2.31. The molecule has 86 valence electrons. The molecule has 2 rings (SSSR count). The van der Waals surface area contributed by atoms with Crippen LogP contribution >= 0.6 is 0 Å². The number of amides is 3. The second-order valence-electron chi connectivity index (χ2n) is 3.36. The van der Waals surface area contributed by atoms with E-state index in [2.05, 4.69) is 5.32 Å². The minimum absolute atomic E-state index is 0.0677. The predicted molar refractivity (Wildman–Crippen MR) is 58.6 cm³/mol. The summed E-state index contributed by atoms with van der Waals surface area (Å²) in [6.07, 6.45) is 0. The molecule has 1 heterocycles. The number of anilines is 1. The number of para-hydroxylation sites is 1. The molecule has 0 aromatic heterocycles. The van der Waals surface area contributed by atoms with E-state index in [4.69, 9.17) is 10.00 Å². The molecule has 0 aliphatic carbocycles. The van der Waals surface area contributed by atoms with Gasteiger partial charge in [-0.05, 0) is 12.1 Å². The highest BCUT2D eigenvalue weighted by molar-refractivity contribution is 6.21. The molecule has 3 amide bonds. The number of nitrogens with one attached hydrogen (secondary N) is 1. The molecule has 0 atom stereocenters. The zero-order valence-electron chi connectivity index (χ0n) is 9.06. The summed E-state index contributed by atoms with van der Waals surface area (Å²) in [5.41, 5.74) is 0.409. The van der Waals surface area contributed by atoms with E-state index in [1.165, 1.54) is 13.2 Å². The van der Waals surface area contributed by atoms with Crippen LogP contribution in [0.4, 0.5) is 10.5 Å². The third kappa shape index (κ3) is 1.67. The van der Waals surface area contributed by atoms with Gasteiger partial charge in [0.2, 0.25) is 0 Å². The molecule has 0 spiro atoms. The predicted octanol–water partition coefficient (Wildman–Crippen LogP) is 0.623. The Morgan fingerprint density at radius 3 is 2.76 bits per heavy atom. The average molecular weight is 231 g/mol. The normalized spacial score (nSPS) is 14.5. The number of rotatable bonds is 2. The number of methoxy groups -OCH3 is 1. The minimum atomic E-state index is -0.545. The van der Waals surface area contributed by atoms with Gasteiger partial charge in [0.25, 0.3) is 5.91 Å². The molecule has 0 saturated carbocycles. The van der Waals surface area contributed by atoms with Crippen molar-refractivity contribution >= 4 is 17.6 Å².